The second kappa shape index (κ2) is 3.98. The third-order valence-electron chi connectivity index (χ3n) is 2.87. The maximum Gasteiger partial charge on any atom is 0.311 e. The average Bonchev–Trinajstić information content (AvgIpc) is 2.16. The highest BCUT2D eigenvalue weighted by atomic mass is 16.4. The molecule has 0 aromatic carbocycles. The first-order valence-corrected chi connectivity index (χ1v) is 5.01. The van der Waals surface area contributed by atoms with Gasteiger partial charge in [0.1, 0.15) is 0 Å². The maximum atomic E-state index is 11.4. The molecule has 0 spiro atoms. The van der Waals surface area contributed by atoms with E-state index in [0.717, 1.165) is 6.42 Å². The molecule has 1 rings (SSSR count). The topological polar surface area (TPSA) is 57.6 Å². The summed E-state index contributed by atoms with van der Waals surface area (Å²) in [4.78, 5) is 24.1. The Morgan fingerprint density at radius 3 is 2.64 bits per heavy atom. The Bertz CT molecular complexity index is 252. The van der Waals surface area contributed by atoms with Gasteiger partial charge in [0.15, 0.2) is 0 Å². The molecule has 80 valence electrons. The molecule has 4 nitrogen and oxygen atoms in total. The lowest BCUT2D eigenvalue weighted by Gasteiger charge is -2.37. The van der Waals surface area contributed by atoms with Crippen molar-refractivity contribution in [1.82, 2.24) is 4.90 Å². The van der Waals surface area contributed by atoms with Crippen molar-refractivity contribution in [2.75, 3.05) is 13.1 Å². The normalized spacial score (nSPS) is 27.4. The molecule has 1 saturated heterocycles. The van der Waals surface area contributed by atoms with Crippen molar-refractivity contribution >= 4 is 11.9 Å². The molecule has 1 N–H and O–H groups in total. The lowest BCUT2D eigenvalue weighted by molar-refractivity contribution is -0.153. The van der Waals surface area contributed by atoms with Gasteiger partial charge in [-0.1, -0.05) is 6.92 Å². The fourth-order valence-electron chi connectivity index (χ4n) is 1.85. The summed E-state index contributed by atoms with van der Waals surface area (Å²) < 4.78 is 0. The predicted octanol–water partition coefficient (Wildman–Crippen LogP) is 1.11. The molecule has 0 aromatic heterocycles. The van der Waals surface area contributed by atoms with Crippen LogP contribution in [-0.2, 0) is 9.59 Å². The third-order valence-corrected chi connectivity index (χ3v) is 2.87. The van der Waals surface area contributed by atoms with Gasteiger partial charge in [-0.2, -0.15) is 0 Å². The molecule has 1 unspecified atom stereocenters. The van der Waals surface area contributed by atoms with Crippen LogP contribution in [0.25, 0.3) is 0 Å². The highest BCUT2D eigenvalue weighted by molar-refractivity contribution is 5.79. The first-order valence-electron chi connectivity index (χ1n) is 5.01. The first-order chi connectivity index (χ1) is 6.49. The van der Waals surface area contributed by atoms with E-state index < -0.39 is 11.4 Å². The lowest BCUT2D eigenvalue weighted by Crippen LogP contribution is -2.48. The SMILES string of the molecule is CCC(=O)N1CCCC(C)(C(=O)O)C1. The van der Waals surface area contributed by atoms with E-state index in [0.29, 0.717) is 25.9 Å². The van der Waals surface area contributed by atoms with Crippen LogP contribution in [0.4, 0.5) is 0 Å². The quantitative estimate of drug-likeness (QED) is 0.724. The molecular formula is C10H17NO3. The second-order valence-electron chi connectivity index (χ2n) is 4.14. The van der Waals surface area contributed by atoms with Crippen LogP contribution < -0.4 is 0 Å². The van der Waals surface area contributed by atoms with E-state index in [-0.39, 0.29) is 5.91 Å². The van der Waals surface area contributed by atoms with Crippen LogP contribution in [0.5, 0.6) is 0 Å². The molecule has 0 aromatic rings. The van der Waals surface area contributed by atoms with E-state index in [4.69, 9.17) is 5.11 Å². The minimum atomic E-state index is -0.800. The van der Waals surface area contributed by atoms with Gasteiger partial charge in [-0.05, 0) is 19.8 Å². The van der Waals surface area contributed by atoms with E-state index in [1.54, 1.807) is 18.7 Å². The summed E-state index contributed by atoms with van der Waals surface area (Å²) in [5.41, 5.74) is -0.747. The zero-order chi connectivity index (χ0) is 10.8. The van der Waals surface area contributed by atoms with E-state index >= 15 is 0 Å². The summed E-state index contributed by atoms with van der Waals surface area (Å²) in [5, 5.41) is 9.03. The van der Waals surface area contributed by atoms with E-state index in [9.17, 15) is 9.59 Å². The van der Waals surface area contributed by atoms with Crippen LogP contribution >= 0.6 is 0 Å². The third kappa shape index (κ3) is 2.05. The highest BCUT2D eigenvalue weighted by Gasteiger charge is 2.38. The summed E-state index contributed by atoms with van der Waals surface area (Å²) in [6.07, 6.45) is 1.90. The number of piperidine rings is 1. The maximum absolute atomic E-state index is 11.4. The van der Waals surface area contributed by atoms with Gasteiger partial charge in [-0.3, -0.25) is 9.59 Å². The standard InChI is InChI=1S/C10H17NO3/c1-3-8(12)11-6-4-5-10(2,7-11)9(13)14/h3-7H2,1-2H3,(H,13,14). The number of hydrogen-bond acceptors (Lipinski definition) is 2. The van der Waals surface area contributed by atoms with Crippen molar-refractivity contribution in [1.29, 1.82) is 0 Å². The summed E-state index contributed by atoms with van der Waals surface area (Å²) in [5.74, 6) is -0.747. The molecule has 0 radical (unpaired) electrons. The Labute approximate surface area is 83.9 Å². The Balaban J connectivity index is 2.69. The number of carboxylic acids is 1. The number of hydrogen-bond donors (Lipinski definition) is 1. The molecule has 4 heteroatoms. The van der Waals surface area contributed by atoms with Gasteiger partial charge in [0.2, 0.25) is 5.91 Å². The zero-order valence-corrected chi connectivity index (χ0v) is 8.75. The number of amides is 1. The van der Waals surface area contributed by atoms with Crippen molar-refractivity contribution < 1.29 is 14.7 Å². The van der Waals surface area contributed by atoms with Crippen LogP contribution in [-0.4, -0.2) is 35.0 Å². The average molecular weight is 199 g/mol. The van der Waals surface area contributed by atoms with Crippen LogP contribution in [0.2, 0.25) is 0 Å². The van der Waals surface area contributed by atoms with Crippen molar-refractivity contribution in [3.63, 3.8) is 0 Å². The largest absolute Gasteiger partial charge is 0.481 e. The number of carbonyl (C=O) groups excluding carboxylic acids is 1. The molecule has 0 saturated carbocycles. The van der Waals surface area contributed by atoms with Crippen LogP contribution in [0.15, 0.2) is 0 Å². The van der Waals surface area contributed by atoms with Crippen molar-refractivity contribution in [3.8, 4) is 0 Å². The Kier molecular flexibility index (Phi) is 3.13. The van der Waals surface area contributed by atoms with Gasteiger partial charge >= 0.3 is 5.97 Å². The van der Waals surface area contributed by atoms with Gasteiger partial charge in [0.25, 0.3) is 0 Å². The molecule has 1 heterocycles. The number of rotatable bonds is 2. The van der Waals surface area contributed by atoms with Crippen LogP contribution in [0, 0.1) is 5.41 Å². The van der Waals surface area contributed by atoms with Crippen molar-refractivity contribution in [2.24, 2.45) is 5.41 Å². The van der Waals surface area contributed by atoms with Gasteiger partial charge in [-0.15, -0.1) is 0 Å². The lowest BCUT2D eigenvalue weighted by atomic mass is 9.82. The Hall–Kier alpha value is -1.06. The Morgan fingerprint density at radius 1 is 1.50 bits per heavy atom. The zero-order valence-electron chi connectivity index (χ0n) is 8.75. The second-order valence-corrected chi connectivity index (χ2v) is 4.14. The van der Waals surface area contributed by atoms with E-state index in [1.165, 1.54) is 0 Å². The number of carboxylic acid groups (broad SMARTS) is 1. The number of likely N-dealkylation sites (tertiary alicyclic amines) is 1. The van der Waals surface area contributed by atoms with Gasteiger partial charge in [0, 0.05) is 19.5 Å². The van der Waals surface area contributed by atoms with Gasteiger partial charge in [-0.25, -0.2) is 0 Å². The summed E-state index contributed by atoms with van der Waals surface area (Å²) >= 11 is 0. The smallest absolute Gasteiger partial charge is 0.311 e. The van der Waals surface area contributed by atoms with Crippen molar-refractivity contribution in [3.05, 3.63) is 0 Å². The molecule has 0 bridgehead atoms. The highest BCUT2D eigenvalue weighted by Crippen LogP contribution is 2.29. The summed E-state index contributed by atoms with van der Waals surface area (Å²) in [7, 11) is 0. The monoisotopic (exact) mass is 199 g/mol. The van der Waals surface area contributed by atoms with Gasteiger partial charge in [0.05, 0.1) is 5.41 Å². The minimum Gasteiger partial charge on any atom is -0.481 e. The van der Waals surface area contributed by atoms with E-state index in [2.05, 4.69) is 0 Å². The fourth-order valence-corrected chi connectivity index (χ4v) is 1.85. The molecular weight excluding hydrogens is 182 g/mol. The minimum absolute atomic E-state index is 0.0529. The predicted molar refractivity (Wildman–Crippen MR) is 51.8 cm³/mol. The summed E-state index contributed by atoms with van der Waals surface area (Å²) in [6.45, 7) is 4.57. The number of nitrogens with zero attached hydrogens (tertiary/aromatic N) is 1. The molecule has 1 amide bonds. The molecule has 14 heavy (non-hydrogen) atoms. The molecule has 1 aliphatic heterocycles. The van der Waals surface area contributed by atoms with Crippen LogP contribution in [0.1, 0.15) is 33.1 Å². The number of aliphatic carboxylic acids is 1. The first kappa shape index (κ1) is 11.0. The summed E-state index contributed by atoms with van der Waals surface area (Å²) in [6, 6.07) is 0. The van der Waals surface area contributed by atoms with Crippen molar-refractivity contribution in [2.45, 2.75) is 33.1 Å². The molecule has 0 aliphatic carbocycles. The Morgan fingerprint density at radius 2 is 2.14 bits per heavy atom. The molecule has 1 aliphatic rings. The molecule has 1 fully saturated rings. The fraction of sp³-hybridized carbons (Fsp3) is 0.800. The van der Waals surface area contributed by atoms with Gasteiger partial charge < -0.3 is 10.0 Å². The molecule has 1 atom stereocenters. The van der Waals surface area contributed by atoms with E-state index in [1.807, 2.05) is 0 Å². The van der Waals surface area contributed by atoms with Crippen LogP contribution in [0.3, 0.4) is 0 Å². The number of carbonyl (C=O) groups is 2.